The van der Waals surface area contributed by atoms with E-state index in [4.69, 9.17) is 32.5 Å². The van der Waals surface area contributed by atoms with E-state index < -0.39 is 0 Å². The van der Waals surface area contributed by atoms with E-state index in [9.17, 15) is 4.79 Å². The van der Waals surface area contributed by atoms with Gasteiger partial charge < -0.3 is 9.26 Å². The van der Waals surface area contributed by atoms with Gasteiger partial charge in [0.15, 0.2) is 12.9 Å². The molecule has 1 heterocycles. The minimum absolute atomic E-state index is 0.0551. The lowest BCUT2D eigenvalue weighted by atomic mass is 10.2. The maximum atomic E-state index is 10.9. The first-order valence-electron chi connectivity index (χ1n) is 4.96. The third kappa shape index (κ3) is 2.80. The Labute approximate surface area is 113 Å². The van der Waals surface area contributed by atoms with Crippen molar-refractivity contribution in [3.63, 3.8) is 0 Å². The topological polar surface area (TPSA) is 65.2 Å². The summed E-state index contributed by atoms with van der Waals surface area (Å²) in [6.45, 7) is 1.72. The number of carbonyl (C=O) groups excluding carboxylic acids is 1. The fraction of sp³-hybridized carbons (Fsp3) is 0.182. The van der Waals surface area contributed by atoms with Crippen LogP contribution in [0.1, 0.15) is 22.1 Å². The van der Waals surface area contributed by atoms with Crippen LogP contribution >= 0.6 is 23.2 Å². The Bertz CT molecular complexity index is 584. The van der Waals surface area contributed by atoms with Gasteiger partial charge in [0.2, 0.25) is 11.7 Å². The fourth-order valence-electron chi connectivity index (χ4n) is 1.36. The summed E-state index contributed by atoms with van der Waals surface area (Å²) in [5, 5.41) is 4.29. The average Bonchev–Trinajstić information content (AvgIpc) is 2.73. The van der Waals surface area contributed by atoms with Gasteiger partial charge in [0.05, 0.1) is 10.6 Å². The SMILES string of the molecule is Cc1nc(COc2c(Cl)cc(Cl)cc2C=O)no1. The first-order valence-corrected chi connectivity index (χ1v) is 5.72. The number of hydrogen-bond donors (Lipinski definition) is 0. The molecule has 7 heteroatoms. The molecular formula is C11H8Cl2N2O3. The highest BCUT2D eigenvalue weighted by Crippen LogP contribution is 2.31. The number of aldehydes is 1. The van der Waals surface area contributed by atoms with E-state index in [1.807, 2.05) is 0 Å². The second-order valence-corrected chi connectivity index (χ2v) is 4.29. The van der Waals surface area contributed by atoms with E-state index in [1.165, 1.54) is 12.1 Å². The van der Waals surface area contributed by atoms with Crippen LogP contribution in [0.4, 0.5) is 0 Å². The number of benzene rings is 1. The molecule has 1 aromatic heterocycles. The number of nitrogens with zero attached hydrogens (tertiary/aromatic N) is 2. The molecule has 0 aliphatic heterocycles. The minimum atomic E-state index is 0.0551. The van der Waals surface area contributed by atoms with Crippen molar-refractivity contribution in [2.24, 2.45) is 0 Å². The summed E-state index contributed by atoms with van der Waals surface area (Å²) >= 11 is 11.7. The van der Waals surface area contributed by atoms with Gasteiger partial charge in [-0.05, 0) is 12.1 Å². The van der Waals surface area contributed by atoms with Gasteiger partial charge in [-0.1, -0.05) is 28.4 Å². The molecule has 0 radical (unpaired) electrons. The van der Waals surface area contributed by atoms with E-state index in [2.05, 4.69) is 10.1 Å². The Kier molecular flexibility index (Phi) is 3.84. The highest BCUT2D eigenvalue weighted by molar-refractivity contribution is 6.36. The zero-order chi connectivity index (χ0) is 13.1. The second-order valence-electron chi connectivity index (χ2n) is 3.44. The maximum absolute atomic E-state index is 10.9. The van der Waals surface area contributed by atoms with Gasteiger partial charge in [0.1, 0.15) is 5.75 Å². The molecule has 0 saturated carbocycles. The molecule has 0 saturated heterocycles. The largest absolute Gasteiger partial charge is 0.483 e. The average molecular weight is 287 g/mol. The van der Waals surface area contributed by atoms with E-state index in [0.717, 1.165) is 0 Å². The standard InChI is InChI=1S/C11H8Cl2N2O3/c1-6-14-10(15-18-6)5-17-11-7(4-16)2-8(12)3-9(11)13/h2-4H,5H2,1H3. The molecular weight excluding hydrogens is 279 g/mol. The van der Waals surface area contributed by atoms with E-state index >= 15 is 0 Å². The quantitative estimate of drug-likeness (QED) is 0.808. The number of ether oxygens (including phenoxy) is 1. The molecule has 2 rings (SSSR count). The molecule has 94 valence electrons. The molecule has 0 bridgehead atoms. The number of aryl methyl sites for hydroxylation is 1. The van der Waals surface area contributed by atoms with E-state index in [1.54, 1.807) is 6.92 Å². The zero-order valence-corrected chi connectivity index (χ0v) is 10.8. The summed E-state index contributed by atoms with van der Waals surface area (Å²) in [7, 11) is 0. The third-order valence-electron chi connectivity index (χ3n) is 2.08. The minimum Gasteiger partial charge on any atom is -0.483 e. The normalized spacial score (nSPS) is 10.4. The molecule has 0 unspecified atom stereocenters. The summed E-state index contributed by atoms with van der Waals surface area (Å²) in [5.74, 6) is 1.06. The third-order valence-corrected chi connectivity index (χ3v) is 2.58. The second kappa shape index (κ2) is 5.37. The van der Waals surface area contributed by atoms with Gasteiger partial charge >= 0.3 is 0 Å². The van der Waals surface area contributed by atoms with Crippen molar-refractivity contribution in [1.82, 2.24) is 10.1 Å². The van der Waals surface area contributed by atoms with Crippen molar-refractivity contribution >= 4 is 29.5 Å². The summed E-state index contributed by atoms with van der Waals surface area (Å²) in [5.41, 5.74) is 0.271. The molecule has 0 N–H and O–H groups in total. The Morgan fingerprint density at radius 3 is 2.83 bits per heavy atom. The summed E-state index contributed by atoms with van der Waals surface area (Å²) in [6.07, 6.45) is 0.620. The Morgan fingerprint density at radius 2 is 2.22 bits per heavy atom. The highest BCUT2D eigenvalue weighted by atomic mass is 35.5. The molecule has 0 fully saturated rings. The molecule has 1 aromatic carbocycles. The summed E-state index contributed by atoms with van der Waals surface area (Å²) in [6, 6.07) is 2.96. The monoisotopic (exact) mass is 286 g/mol. The van der Waals surface area contributed by atoms with Gasteiger partial charge in [-0.3, -0.25) is 4.79 Å². The number of halogens is 2. The Balaban J connectivity index is 2.20. The highest BCUT2D eigenvalue weighted by Gasteiger charge is 2.12. The van der Waals surface area contributed by atoms with Crippen LogP contribution in [-0.2, 0) is 6.61 Å². The van der Waals surface area contributed by atoms with Gasteiger partial charge in [0.25, 0.3) is 0 Å². The van der Waals surface area contributed by atoms with Gasteiger partial charge in [-0.15, -0.1) is 0 Å². The Morgan fingerprint density at radius 1 is 1.44 bits per heavy atom. The summed E-state index contributed by atoms with van der Waals surface area (Å²) < 4.78 is 10.2. The predicted octanol–water partition coefficient (Wildman–Crippen LogP) is 3.08. The van der Waals surface area contributed by atoms with Crippen molar-refractivity contribution < 1.29 is 14.1 Å². The maximum Gasteiger partial charge on any atom is 0.223 e. The summed E-state index contributed by atoms with van der Waals surface area (Å²) in [4.78, 5) is 14.9. The lowest BCUT2D eigenvalue weighted by molar-refractivity contribution is 0.111. The van der Waals surface area contributed by atoms with Gasteiger partial charge in [-0.25, -0.2) is 0 Å². The van der Waals surface area contributed by atoms with Crippen LogP contribution in [-0.4, -0.2) is 16.4 Å². The zero-order valence-electron chi connectivity index (χ0n) is 9.31. The van der Waals surface area contributed by atoms with Crippen LogP contribution in [0.15, 0.2) is 16.7 Å². The molecule has 0 atom stereocenters. The molecule has 5 nitrogen and oxygen atoms in total. The lowest BCUT2D eigenvalue weighted by Crippen LogP contribution is -2.01. The lowest BCUT2D eigenvalue weighted by Gasteiger charge is -2.08. The van der Waals surface area contributed by atoms with Crippen molar-refractivity contribution in [1.29, 1.82) is 0 Å². The van der Waals surface area contributed by atoms with Crippen LogP contribution in [0.2, 0.25) is 10.0 Å². The number of hydrogen-bond acceptors (Lipinski definition) is 5. The molecule has 0 aliphatic carbocycles. The first-order chi connectivity index (χ1) is 8.60. The molecule has 18 heavy (non-hydrogen) atoms. The molecule has 2 aromatic rings. The smallest absolute Gasteiger partial charge is 0.223 e. The molecule has 0 aliphatic rings. The van der Waals surface area contributed by atoms with E-state index in [0.29, 0.717) is 23.0 Å². The first kappa shape index (κ1) is 12.9. The van der Waals surface area contributed by atoms with Crippen LogP contribution in [0.3, 0.4) is 0 Å². The van der Waals surface area contributed by atoms with Crippen molar-refractivity contribution in [2.45, 2.75) is 13.5 Å². The van der Waals surface area contributed by atoms with Crippen molar-refractivity contribution in [3.05, 3.63) is 39.5 Å². The Hall–Kier alpha value is -1.59. The predicted molar refractivity (Wildman–Crippen MR) is 65.2 cm³/mol. The molecule has 0 spiro atoms. The van der Waals surface area contributed by atoms with Crippen LogP contribution in [0.25, 0.3) is 0 Å². The molecule has 0 amide bonds. The number of rotatable bonds is 4. The van der Waals surface area contributed by atoms with Crippen molar-refractivity contribution in [3.8, 4) is 5.75 Å². The van der Waals surface area contributed by atoms with Gasteiger partial charge in [0, 0.05) is 11.9 Å². The van der Waals surface area contributed by atoms with Gasteiger partial charge in [-0.2, -0.15) is 4.98 Å². The number of aromatic nitrogens is 2. The van der Waals surface area contributed by atoms with Crippen LogP contribution < -0.4 is 4.74 Å². The van der Waals surface area contributed by atoms with Crippen molar-refractivity contribution in [2.75, 3.05) is 0 Å². The van der Waals surface area contributed by atoms with E-state index in [-0.39, 0.29) is 22.9 Å². The van der Waals surface area contributed by atoms with Crippen LogP contribution in [0.5, 0.6) is 5.75 Å². The van der Waals surface area contributed by atoms with Crippen LogP contribution in [0, 0.1) is 6.92 Å². The number of carbonyl (C=O) groups is 1. The fourth-order valence-corrected chi connectivity index (χ4v) is 1.92.